The molecular weight excluding hydrogens is 394 g/mol. The molecule has 2 fully saturated rings. The average molecular weight is 419 g/mol. The number of hydrogen-bond acceptors (Lipinski definition) is 5. The van der Waals surface area contributed by atoms with Crippen LogP contribution in [0.5, 0.6) is 5.75 Å². The van der Waals surface area contributed by atoms with Crippen molar-refractivity contribution in [3.05, 3.63) is 59.7 Å². The summed E-state index contributed by atoms with van der Waals surface area (Å²) in [7, 11) is 1.59. The topological polar surface area (TPSA) is 87.7 Å². The van der Waals surface area contributed by atoms with E-state index in [0.29, 0.717) is 11.4 Å². The fourth-order valence-electron chi connectivity index (χ4n) is 5.39. The van der Waals surface area contributed by atoms with Gasteiger partial charge in [0.05, 0.1) is 25.5 Å². The highest BCUT2D eigenvalue weighted by Crippen LogP contribution is 2.54. The lowest BCUT2D eigenvalue weighted by atomic mass is 9.76. The first-order valence-electron chi connectivity index (χ1n) is 10.5. The maximum atomic E-state index is 13.7. The molecule has 3 heterocycles. The van der Waals surface area contributed by atoms with Gasteiger partial charge in [-0.25, -0.2) is 0 Å². The molecule has 3 aliphatic heterocycles. The highest BCUT2D eigenvalue weighted by Gasteiger charge is 2.70. The third kappa shape index (κ3) is 2.66. The Morgan fingerprint density at radius 1 is 1.03 bits per heavy atom. The Morgan fingerprint density at radius 2 is 1.74 bits per heavy atom. The van der Waals surface area contributed by atoms with E-state index < -0.39 is 17.4 Å². The molecule has 0 aliphatic carbocycles. The molecule has 2 saturated heterocycles. The number of ether oxygens (including phenoxy) is 1. The van der Waals surface area contributed by atoms with E-state index >= 15 is 0 Å². The van der Waals surface area contributed by atoms with Crippen LogP contribution >= 0.6 is 0 Å². The number of imide groups is 1. The molecule has 0 saturated carbocycles. The van der Waals surface area contributed by atoms with Crippen molar-refractivity contribution in [2.45, 2.75) is 32.0 Å². The number of para-hydroxylation sites is 1. The maximum absolute atomic E-state index is 13.7. The molecule has 4 atom stereocenters. The van der Waals surface area contributed by atoms with Gasteiger partial charge in [0.15, 0.2) is 0 Å². The Hall–Kier alpha value is -3.19. The predicted molar refractivity (Wildman–Crippen MR) is 114 cm³/mol. The second-order valence-corrected chi connectivity index (χ2v) is 8.84. The summed E-state index contributed by atoms with van der Waals surface area (Å²) in [5, 5.41) is 6.35. The summed E-state index contributed by atoms with van der Waals surface area (Å²) >= 11 is 0. The average Bonchev–Trinajstić information content (AvgIpc) is 3.35. The summed E-state index contributed by atoms with van der Waals surface area (Å²) < 4.78 is 5.19. The van der Waals surface area contributed by atoms with E-state index in [1.165, 1.54) is 4.90 Å². The van der Waals surface area contributed by atoms with Crippen LogP contribution in [-0.4, -0.2) is 35.8 Å². The molecule has 3 aliphatic rings. The van der Waals surface area contributed by atoms with Gasteiger partial charge < -0.3 is 10.1 Å². The molecule has 3 amide bonds. The minimum absolute atomic E-state index is 0.0742. The van der Waals surface area contributed by atoms with E-state index in [0.717, 1.165) is 11.1 Å². The van der Waals surface area contributed by atoms with Crippen molar-refractivity contribution in [3.8, 4) is 5.75 Å². The summed E-state index contributed by atoms with van der Waals surface area (Å²) in [4.78, 5) is 41.8. The van der Waals surface area contributed by atoms with Gasteiger partial charge in [-0.1, -0.05) is 44.2 Å². The monoisotopic (exact) mass is 419 g/mol. The second-order valence-electron chi connectivity index (χ2n) is 8.84. The molecule has 160 valence electrons. The highest BCUT2D eigenvalue weighted by molar-refractivity contribution is 6.15. The Kier molecular flexibility index (Phi) is 4.41. The number of carbonyl (C=O) groups excluding carboxylic acids is 3. The summed E-state index contributed by atoms with van der Waals surface area (Å²) in [6.45, 7) is 4.20. The van der Waals surface area contributed by atoms with Gasteiger partial charge in [-0.05, 0) is 29.7 Å². The lowest BCUT2D eigenvalue weighted by Gasteiger charge is -2.30. The Balaban J connectivity index is 1.56. The number of likely N-dealkylation sites (tertiary alicyclic amines) is 1. The van der Waals surface area contributed by atoms with E-state index in [1.807, 2.05) is 62.4 Å². The fraction of sp³-hybridized carbons (Fsp3) is 0.375. The van der Waals surface area contributed by atoms with Gasteiger partial charge in [-0.2, -0.15) is 0 Å². The van der Waals surface area contributed by atoms with Crippen LogP contribution in [0.4, 0.5) is 5.69 Å². The zero-order valence-electron chi connectivity index (χ0n) is 17.7. The summed E-state index contributed by atoms with van der Waals surface area (Å²) in [5.41, 5.74) is 1.04. The first-order valence-corrected chi connectivity index (χ1v) is 10.5. The van der Waals surface area contributed by atoms with Gasteiger partial charge in [-0.3, -0.25) is 24.6 Å². The van der Waals surface area contributed by atoms with Gasteiger partial charge in [0.25, 0.3) is 0 Å². The Labute approximate surface area is 180 Å². The quantitative estimate of drug-likeness (QED) is 0.743. The number of fused-ring (bicyclic) bond motifs is 4. The predicted octanol–water partition coefficient (Wildman–Crippen LogP) is 2.27. The number of nitrogens with one attached hydrogen (secondary N) is 2. The minimum atomic E-state index is -1.22. The number of anilines is 1. The summed E-state index contributed by atoms with van der Waals surface area (Å²) in [6.07, 6.45) is 0. The van der Waals surface area contributed by atoms with Crippen LogP contribution in [0.2, 0.25) is 0 Å². The number of carbonyl (C=O) groups is 3. The Morgan fingerprint density at radius 3 is 2.42 bits per heavy atom. The van der Waals surface area contributed by atoms with Crippen molar-refractivity contribution in [1.29, 1.82) is 0 Å². The van der Waals surface area contributed by atoms with Crippen LogP contribution in [0.1, 0.15) is 25.0 Å². The number of hydrogen-bond donors (Lipinski definition) is 2. The molecule has 0 aromatic heterocycles. The van der Waals surface area contributed by atoms with Gasteiger partial charge >= 0.3 is 0 Å². The largest absolute Gasteiger partial charge is 0.497 e. The van der Waals surface area contributed by atoms with Gasteiger partial charge in [0, 0.05) is 17.3 Å². The van der Waals surface area contributed by atoms with E-state index in [4.69, 9.17) is 4.74 Å². The molecule has 7 nitrogen and oxygen atoms in total. The molecule has 31 heavy (non-hydrogen) atoms. The van der Waals surface area contributed by atoms with E-state index in [1.54, 1.807) is 7.11 Å². The van der Waals surface area contributed by atoms with Crippen LogP contribution in [-0.2, 0) is 26.5 Å². The van der Waals surface area contributed by atoms with Crippen LogP contribution in [0.25, 0.3) is 0 Å². The zero-order chi connectivity index (χ0) is 21.9. The van der Waals surface area contributed by atoms with Gasteiger partial charge in [0.1, 0.15) is 11.3 Å². The first-order chi connectivity index (χ1) is 14.9. The van der Waals surface area contributed by atoms with Crippen molar-refractivity contribution >= 4 is 23.4 Å². The molecule has 2 aromatic carbocycles. The number of amides is 3. The van der Waals surface area contributed by atoms with Gasteiger partial charge in [0.2, 0.25) is 17.7 Å². The molecule has 0 unspecified atom stereocenters. The Bertz CT molecular complexity index is 1080. The smallest absolute Gasteiger partial charge is 0.250 e. The normalized spacial score (nSPS) is 29.0. The van der Waals surface area contributed by atoms with Crippen LogP contribution in [0, 0.1) is 17.8 Å². The highest BCUT2D eigenvalue weighted by atomic mass is 16.5. The molecule has 7 heteroatoms. The molecule has 0 radical (unpaired) electrons. The number of rotatable bonds is 4. The number of benzene rings is 2. The molecule has 1 spiro atoms. The standard InChI is InChI=1S/C24H25N3O4/c1-13(2)20-18-19(24(26-20)16-6-4-5-7-17(16)25-23(24)30)22(29)27(21(18)28)12-14-8-10-15(31-3)11-9-14/h4-11,13,18-20,26H,12H2,1-3H3,(H,25,30)/t18-,19-,20+,24+/m0/s1. The fourth-order valence-corrected chi connectivity index (χ4v) is 5.39. The van der Waals surface area contributed by atoms with Crippen molar-refractivity contribution < 1.29 is 19.1 Å². The van der Waals surface area contributed by atoms with E-state index in [9.17, 15) is 14.4 Å². The van der Waals surface area contributed by atoms with Crippen LogP contribution in [0.15, 0.2) is 48.5 Å². The second kappa shape index (κ2) is 6.92. The lowest BCUT2D eigenvalue weighted by molar-refractivity contribution is -0.143. The van der Waals surface area contributed by atoms with Crippen molar-refractivity contribution in [2.24, 2.45) is 17.8 Å². The summed E-state index contributed by atoms with van der Waals surface area (Å²) in [5.74, 6) is -1.34. The van der Waals surface area contributed by atoms with E-state index in [2.05, 4.69) is 10.6 Å². The maximum Gasteiger partial charge on any atom is 0.250 e. The third-order valence-electron chi connectivity index (χ3n) is 6.87. The molecule has 0 bridgehead atoms. The van der Waals surface area contributed by atoms with Crippen molar-refractivity contribution in [3.63, 3.8) is 0 Å². The third-order valence-corrected chi connectivity index (χ3v) is 6.87. The molecule has 5 rings (SSSR count). The lowest BCUT2D eigenvalue weighted by Crippen LogP contribution is -2.53. The van der Waals surface area contributed by atoms with Crippen molar-refractivity contribution in [1.82, 2.24) is 10.2 Å². The molecule has 2 N–H and O–H groups in total. The first kappa shape index (κ1) is 19.8. The van der Waals surface area contributed by atoms with Crippen LogP contribution < -0.4 is 15.4 Å². The van der Waals surface area contributed by atoms with Crippen LogP contribution in [0.3, 0.4) is 0 Å². The van der Waals surface area contributed by atoms with E-state index in [-0.39, 0.29) is 36.2 Å². The summed E-state index contributed by atoms with van der Waals surface area (Å²) in [6, 6.07) is 14.4. The molecular formula is C24H25N3O4. The SMILES string of the molecule is COc1ccc(CN2C(=O)[C@@H]3[C@@H](C(C)C)N[C@@]4(C(=O)Nc5ccccc54)[C@@H]3C2=O)cc1. The number of nitrogens with zero attached hydrogens (tertiary/aromatic N) is 1. The number of methoxy groups -OCH3 is 1. The van der Waals surface area contributed by atoms with Crippen molar-refractivity contribution in [2.75, 3.05) is 12.4 Å². The minimum Gasteiger partial charge on any atom is -0.497 e. The molecule has 2 aromatic rings. The zero-order valence-corrected chi connectivity index (χ0v) is 17.7. The van der Waals surface area contributed by atoms with Gasteiger partial charge in [-0.15, -0.1) is 0 Å².